The Morgan fingerprint density at radius 1 is 1.22 bits per heavy atom. The van der Waals surface area contributed by atoms with Crippen LogP contribution in [0.2, 0.25) is 0 Å². The second-order valence-electron chi connectivity index (χ2n) is 4.57. The van der Waals surface area contributed by atoms with Gasteiger partial charge in [0.25, 0.3) is 0 Å². The Morgan fingerprint density at radius 2 is 2.00 bits per heavy atom. The molecule has 0 bridgehead atoms. The molecule has 0 aromatic heterocycles. The summed E-state index contributed by atoms with van der Waals surface area (Å²) in [6.45, 7) is 10.6. The average molecular weight is 246 g/mol. The Bertz CT molecular complexity index is 371. The third-order valence-corrected chi connectivity index (χ3v) is 3.16. The van der Waals surface area contributed by atoms with E-state index in [1.165, 1.54) is 30.5 Å². The van der Waals surface area contributed by atoms with Crippen molar-refractivity contribution in [1.82, 2.24) is 0 Å². The first kappa shape index (κ1) is 14.6. The first-order chi connectivity index (χ1) is 8.76. The Balaban J connectivity index is 2.93. The van der Waals surface area contributed by atoms with E-state index in [9.17, 15) is 0 Å². The van der Waals surface area contributed by atoms with Crippen LogP contribution in [-0.2, 0) is 0 Å². The van der Waals surface area contributed by atoms with Crippen molar-refractivity contribution in [3.63, 3.8) is 0 Å². The van der Waals surface area contributed by atoms with Crippen LogP contribution in [0.1, 0.15) is 38.7 Å². The lowest BCUT2D eigenvalue weighted by Crippen LogP contribution is -2.25. The molecule has 0 saturated heterocycles. The highest BCUT2D eigenvalue weighted by molar-refractivity contribution is 5.70. The molecule has 1 aromatic carbocycles. The van der Waals surface area contributed by atoms with Crippen LogP contribution in [-0.4, -0.2) is 20.1 Å². The summed E-state index contributed by atoms with van der Waals surface area (Å²) in [6, 6.07) is 6.56. The van der Waals surface area contributed by atoms with Crippen LogP contribution in [0.5, 0.6) is 0 Å². The van der Waals surface area contributed by atoms with Gasteiger partial charge in [0, 0.05) is 31.5 Å². The van der Waals surface area contributed by atoms with E-state index in [0.717, 1.165) is 18.8 Å². The summed E-state index contributed by atoms with van der Waals surface area (Å²) in [5.41, 5.74) is 3.62. The maximum atomic E-state index is 3.89. The van der Waals surface area contributed by atoms with E-state index in [4.69, 9.17) is 0 Å². The van der Waals surface area contributed by atoms with Gasteiger partial charge in [0.05, 0.1) is 0 Å². The van der Waals surface area contributed by atoms with Gasteiger partial charge in [-0.25, -0.2) is 0 Å². The lowest BCUT2D eigenvalue weighted by atomic mass is 10.1. The second kappa shape index (κ2) is 7.80. The first-order valence-corrected chi connectivity index (χ1v) is 6.96. The van der Waals surface area contributed by atoms with E-state index in [1.54, 1.807) is 0 Å². The lowest BCUT2D eigenvalue weighted by Gasteiger charge is -2.25. The first-order valence-electron chi connectivity index (χ1n) is 6.96. The van der Waals surface area contributed by atoms with Gasteiger partial charge in [-0.15, -0.1) is 0 Å². The van der Waals surface area contributed by atoms with Crippen LogP contribution in [0.4, 0.5) is 11.4 Å². The predicted molar refractivity (Wildman–Crippen MR) is 83.5 cm³/mol. The molecule has 0 unspecified atom stereocenters. The van der Waals surface area contributed by atoms with Gasteiger partial charge in [-0.2, -0.15) is 0 Å². The minimum atomic E-state index is 1.12. The largest absolute Gasteiger partial charge is 0.388 e. The molecular weight excluding hydrogens is 220 g/mol. The Kier molecular flexibility index (Phi) is 6.34. The molecule has 0 amide bonds. The van der Waals surface area contributed by atoms with E-state index < -0.39 is 0 Å². The number of hydrogen-bond acceptors (Lipinski definition) is 2. The number of hydrogen-bond donors (Lipinski definition) is 1. The number of unbranched alkanes of at least 4 members (excludes halogenated alkanes) is 1. The molecule has 18 heavy (non-hydrogen) atoms. The van der Waals surface area contributed by atoms with E-state index in [1.807, 2.05) is 13.1 Å². The molecule has 0 spiro atoms. The molecule has 0 saturated carbocycles. The minimum absolute atomic E-state index is 1.12. The lowest BCUT2D eigenvalue weighted by molar-refractivity contribution is 0.704. The van der Waals surface area contributed by atoms with Crippen molar-refractivity contribution in [2.45, 2.75) is 33.1 Å². The molecule has 0 atom stereocenters. The van der Waals surface area contributed by atoms with Crippen molar-refractivity contribution < 1.29 is 0 Å². The van der Waals surface area contributed by atoms with Crippen LogP contribution in [0.25, 0.3) is 6.08 Å². The highest BCUT2D eigenvalue weighted by Crippen LogP contribution is 2.24. The zero-order valence-corrected chi connectivity index (χ0v) is 12.0. The molecule has 1 rings (SSSR count). The van der Waals surface area contributed by atoms with Crippen molar-refractivity contribution in [2.75, 3.05) is 30.4 Å². The van der Waals surface area contributed by atoms with Crippen molar-refractivity contribution in [1.29, 1.82) is 0 Å². The molecule has 1 N–H and O–H groups in total. The van der Waals surface area contributed by atoms with Gasteiger partial charge < -0.3 is 10.2 Å². The molecular formula is C16H26N2. The highest BCUT2D eigenvalue weighted by Gasteiger charge is 2.07. The van der Waals surface area contributed by atoms with Gasteiger partial charge >= 0.3 is 0 Å². The molecule has 1 aromatic rings. The van der Waals surface area contributed by atoms with Crippen molar-refractivity contribution >= 4 is 17.5 Å². The van der Waals surface area contributed by atoms with Crippen LogP contribution in [0, 0.1) is 0 Å². The molecule has 2 nitrogen and oxygen atoms in total. The second-order valence-corrected chi connectivity index (χ2v) is 4.57. The Hall–Kier alpha value is -1.44. The number of benzene rings is 1. The molecule has 0 fully saturated rings. The molecule has 0 heterocycles. The maximum absolute atomic E-state index is 3.89. The SMILES string of the molecule is C=Cc1cc(N(CCC)CCCC)ccc1NC. The van der Waals surface area contributed by atoms with Gasteiger partial charge in [0.15, 0.2) is 0 Å². The van der Waals surface area contributed by atoms with Crippen LogP contribution in [0.15, 0.2) is 24.8 Å². The van der Waals surface area contributed by atoms with Crippen molar-refractivity contribution in [2.24, 2.45) is 0 Å². The average Bonchev–Trinajstić information content (AvgIpc) is 2.42. The highest BCUT2D eigenvalue weighted by atomic mass is 15.1. The van der Waals surface area contributed by atoms with Crippen LogP contribution < -0.4 is 10.2 Å². The molecule has 2 heteroatoms. The number of rotatable bonds is 8. The monoisotopic (exact) mass is 246 g/mol. The summed E-state index contributed by atoms with van der Waals surface area (Å²) in [6.07, 6.45) is 5.58. The zero-order chi connectivity index (χ0) is 13.4. The minimum Gasteiger partial charge on any atom is -0.388 e. The fraction of sp³-hybridized carbons (Fsp3) is 0.500. The normalized spacial score (nSPS) is 10.2. The predicted octanol–water partition coefficient (Wildman–Crippen LogP) is 4.39. The standard InChI is InChI=1S/C16H26N2/c1-5-8-12-18(11-6-2)15-9-10-16(17-4)14(7-3)13-15/h7,9-10,13,17H,3,5-6,8,11-12H2,1-2,4H3. The number of nitrogens with zero attached hydrogens (tertiary/aromatic N) is 1. The quantitative estimate of drug-likeness (QED) is 0.732. The summed E-state index contributed by atoms with van der Waals surface area (Å²) in [4.78, 5) is 2.47. The summed E-state index contributed by atoms with van der Waals surface area (Å²) in [5, 5.41) is 3.20. The van der Waals surface area contributed by atoms with Gasteiger partial charge in [-0.3, -0.25) is 0 Å². The van der Waals surface area contributed by atoms with E-state index >= 15 is 0 Å². The zero-order valence-electron chi connectivity index (χ0n) is 12.0. The van der Waals surface area contributed by atoms with Crippen molar-refractivity contribution in [3.05, 3.63) is 30.3 Å². The maximum Gasteiger partial charge on any atom is 0.0412 e. The van der Waals surface area contributed by atoms with Gasteiger partial charge in [0.2, 0.25) is 0 Å². The third kappa shape index (κ3) is 3.80. The van der Waals surface area contributed by atoms with Gasteiger partial charge in [0.1, 0.15) is 0 Å². The molecule has 100 valence electrons. The van der Waals surface area contributed by atoms with Gasteiger partial charge in [-0.05, 0) is 36.6 Å². The topological polar surface area (TPSA) is 15.3 Å². The molecule has 0 radical (unpaired) electrons. The van der Waals surface area contributed by atoms with Crippen molar-refractivity contribution in [3.8, 4) is 0 Å². The molecule has 0 aliphatic heterocycles. The van der Waals surface area contributed by atoms with E-state index in [2.05, 4.69) is 48.8 Å². The summed E-state index contributed by atoms with van der Waals surface area (Å²) in [5.74, 6) is 0. The molecule has 0 aliphatic rings. The molecule has 0 aliphatic carbocycles. The number of anilines is 2. The summed E-state index contributed by atoms with van der Waals surface area (Å²) >= 11 is 0. The fourth-order valence-electron chi connectivity index (χ4n) is 2.13. The van der Waals surface area contributed by atoms with Crippen LogP contribution >= 0.6 is 0 Å². The van der Waals surface area contributed by atoms with E-state index in [0.29, 0.717) is 0 Å². The van der Waals surface area contributed by atoms with Crippen LogP contribution in [0.3, 0.4) is 0 Å². The summed E-state index contributed by atoms with van der Waals surface area (Å²) in [7, 11) is 1.95. The van der Waals surface area contributed by atoms with E-state index in [-0.39, 0.29) is 0 Å². The summed E-state index contributed by atoms with van der Waals surface area (Å²) < 4.78 is 0. The smallest absolute Gasteiger partial charge is 0.0412 e. The fourth-order valence-corrected chi connectivity index (χ4v) is 2.13. The number of nitrogens with one attached hydrogen (secondary N) is 1. The Labute approximate surface area is 112 Å². The third-order valence-electron chi connectivity index (χ3n) is 3.16. The van der Waals surface area contributed by atoms with Gasteiger partial charge in [-0.1, -0.05) is 32.9 Å². The Morgan fingerprint density at radius 3 is 2.56 bits per heavy atom.